The molecule has 3 rings (SSSR count). The molecular weight excluding hydrogens is 255 g/mol. The van der Waals surface area contributed by atoms with E-state index < -0.39 is 0 Å². The topological polar surface area (TPSA) is 24.1 Å². The Hall–Kier alpha value is -0.440. The van der Waals surface area contributed by atoms with Crippen LogP contribution < -0.4 is 10.6 Å². The summed E-state index contributed by atoms with van der Waals surface area (Å²) in [7, 11) is 0. The normalized spacial score (nSPS) is 20.5. The second kappa shape index (κ2) is 5.94. The molecule has 0 unspecified atom stereocenters. The molecule has 2 N–H and O–H groups in total. The molecule has 0 aliphatic carbocycles. The maximum Gasteiger partial charge on any atom is 0.0373 e. The van der Waals surface area contributed by atoms with Crippen molar-refractivity contribution in [3.63, 3.8) is 0 Å². The minimum atomic E-state index is 0. The summed E-state index contributed by atoms with van der Waals surface area (Å²) >= 11 is 0. The predicted octanol–water partition coefficient (Wildman–Crippen LogP) is 2.87. The lowest BCUT2D eigenvalue weighted by Crippen LogP contribution is -2.44. The highest BCUT2D eigenvalue weighted by atomic mass is 35.5. The van der Waals surface area contributed by atoms with Crippen LogP contribution in [-0.4, -0.2) is 19.6 Å². The lowest BCUT2D eigenvalue weighted by molar-refractivity contribution is 0.212. The first kappa shape index (κ1) is 14.6. The molecule has 0 saturated carbocycles. The Morgan fingerprint density at radius 3 is 2.47 bits per heavy atom. The van der Waals surface area contributed by atoms with Crippen LogP contribution in [-0.2, 0) is 6.42 Å². The zero-order chi connectivity index (χ0) is 10.1. The first-order chi connectivity index (χ1) is 7.38. The van der Waals surface area contributed by atoms with Gasteiger partial charge in [0.15, 0.2) is 0 Å². The van der Waals surface area contributed by atoms with Crippen molar-refractivity contribution in [3.05, 3.63) is 29.8 Å². The van der Waals surface area contributed by atoms with Crippen molar-refractivity contribution in [2.45, 2.75) is 19.3 Å². The van der Waals surface area contributed by atoms with Crippen molar-refractivity contribution in [1.29, 1.82) is 0 Å². The minimum Gasteiger partial charge on any atom is -0.384 e. The average Bonchev–Trinajstić information content (AvgIpc) is 2.30. The van der Waals surface area contributed by atoms with Gasteiger partial charge in [-0.2, -0.15) is 0 Å². The van der Waals surface area contributed by atoms with E-state index >= 15 is 0 Å². The number of fused-ring (bicyclic) bond motifs is 1. The molecule has 1 saturated heterocycles. The summed E-state index contributed by atoms with van der Waals surface area (Å²) in [6.45, 7) is 3.53. The molecule has 1 spiro atoms. The van der Waals surface area contributed by atoms with Crippen molar-refractivity contribution in [2.24, 2.45) is 5.41 Å². The monoisotopic (exact) mass is 274 g/mol. The van der Waals surface area contributed by atoms with E-state index in [1.165, 1.54) is 43.6 Å². The van der Waals surface area contributed by atoms with Crippen LogP contribution in [0.5, 0.6) is 0 Å². The minimum absolute atomic E-state index is 0. The number of piperidine rings is 1. The molecule has 4 heteroatoms. The predicted molar refractivity (Wildman–Crippen MR) is 77.7 cm³/mol. The molecule has 1 fully saturated rings. The first-order valence-corrected chi connectivity index (χ1v) is 5.91. The molecule has 1 aromatic rings. The van der Waals surface area contributed by atoms with Crippen LogP contribution in [0, 0.1) is 5.41 Å². The quantitative estimate of drug-likeness (QED) is 0.760. The van der Waals surface area contributed by atoms with Gasteiger partial charge in [0, 0.05) is 12.2 Å². The van der Waals surface area contributed by atoms with Crippen LogP contribution in [0.2, 0.25) is 0 Å². The fourth-order valence-electron chi connectivity index (χ4n) is 2.91. The summed E-state index contributed by atoms with van der Waals surface area (Å²) in [4.78, 5) is 0. The summed E-state index contributed by atoms with van der Waals surface area (Å²) in [6.07, 6.45) is 3.89. The standard InChI is InChI=1S/C13H18N2.2ClH/c1-2-4-12-11(3-1)9-13(10-15-12)5-7-14-8-6-13;;/h1-4,14-15H,5-10H2;2*1H. The van der Waals surface area contributed by atoms with Gasteiger partial charge in [0.25, 0.3) is 0 Å². The molecular formula is C13H20Cl2N2. The van der Waals surface area contributed by atoms with Crippen LogP contribution in [0.25, 0.3) is 0 Å². The van der Waals surface area contributed by atoms with Crippen molar-refractivity contribution in [2.75, 3.05) is 25.0 Å². The van der Waals surface area contributed by atoms with E-state index in [2.05, 4.69) is 34.9 Å². The molecule has 0 aromatic heterocycles. The van der Waals surface area contributed by atoms with Gasteiger partial charge >= 0.3 is 0 Å². The smallest absolute Gasteiger partial charge is 0.0373 e. The molecule has 17 heavy (non-hydrogen) atoms. The van der Waals surface area contributed by atoms with Crippen LogP contribution in [0.3, 0.4) is 0 Å². The fraction of sp³-hybridized carbons (Fsp3) is 0.538. The molecule has 1 aromatic carbocycles. The Bertz CT molecular complexity index is 362. The van der Waals surface area contributed by atoms with E-state index in [1.807, 2.05) is 0 Å². The number of hydrogen-bond donors (Lipinski definition) is 2. The zero-order valence-electron chi connectivity index (χ0n) is 9.87. The van der Waals surface area contributed by atoms with Gasteiger partial charge in [-0.15, -0.1) is 24.8 Å². The molecule has 2 nitrogen and oxygen atoms in total. The third-order valence-corrected chi connectivity index (χ3v) is 3.90. The van der Waals surface area contributed by atoms with Gasteiger partial charge in [-0.25, -0.2) is 0 Å². The van der Waals surface area contributed by atoms with E-state index in [1.54, 1.807) is 0 Å². The van der Waals surface area contributed by atoms with Crippen molar-refractivity contribution in [3.8, 4) is 0 Å². The Balaban J connectivity index is 0.000000722. The zero-order valence-corrected chi connectivity index (χ0v) is 11.5. The summed E-state index contributed by atoms with van der Waals surface area (Å²) in [6, 6.07) is 8.74. The maximum absolute atomic E-state index is 3.60. The summed E-state index contributed by atoms with van der Waals surface area (Å²) in [5.74, 6) is 0. The number of rotatable bonds is 0. The molecule has 0 radical (unpaired) electrons. The van der Waals surface area contributed by atoms with Crippen LogP contribution >= 0.6 is 24.8 Å². The van der Waals surface area contributed by atoms with E-state index in [4.69, 9.17) is 0 Å². The first-order valence-electron chi connectivity index (χ1n) is 5.91. The van der Waals surface area contributed by atoms with Gasteiger partial charge in [-0.05, 0) is 49.4 Å². The fourth-order valence-corrected chi connectivity index (χ4v) is 2.91. The number of para-hydroxylation sites is 1. The molecule has 2 aliphatic rings. The van der Waals surface area contributed by atoms with E-state index in [0.717, 1.165) is 6.54 Å². The lowest BCUT2D eigenvalue weighted by Gasteiger charge is -2.42. The highest BCUT2D eigenvalue weighted by molar-refractivity contribution is 5.85. The van der Waals surface area contributed by atoms with Crippen molar-refractivity contribution >= 4 is 30.5 Å². The Labute approximate surface area is 115 Å². The van der Waals surface area contributed by atoms with Crippen molar-refractivity contribution < 1.29 is 0 Å². The van der Waals surface area contributed by atoms with Gasteiger partial charge in [0.2, 0.25) is 0 Å². The van der Waals surface area contributed by atoms with Gasteiger partial charge in [0.05, 0.1) is 0 Å². The van der Waals surface area contributed by atoms with E-state index in [9.17, 15) is 0 Å². The summed E-state index contributed by atoms with van der Waals surface area (Å²) < 4.78 is 0. The summed E-state index contributed by atoms with van der Waals surface area (Å²) in [5.41, 5.74) is 3.38. The van der Waals surface area contributed by atoms with Gasteiger partial charge < -0.3 is 10.6 Å². The number of halogens is 2. The average molecular weight is 275 g/mol. The molecule has 0 amide bonds. The SMILES string of the molecule is Cl.Cl.c1ccc2c(c1)CC1(CCNCC1)CN2. The third-order valence-electron chi connectivity index (χ3n) is 3.90. The number of benzene rings is 1. The second-order valence-corrected chi connectivity index (χ2v) is 4.94. The Kier molecular flexibility index (Phi) is 5.11. The molecule has 96 valence electrons. The molecule has 2 aliphatic heterocycles. The maximum atomic E-state index is 3.60. The molecule has 0 atom stereocenters. The largest absolute Gasteiger partial charge is 0.384 e. The van der Waals surface area contributed by atoms with Crippen molar-refractivity contribution in [1.82, 2.24) is 5.32 Å². The number of anilines is 1. The van der Waals surface area contributed by atoms with E-state index in [0.29, 0.717) is 5.41 Å². The second-order valence-electron chi connectivity index (χ2n) is 4.94. The van der Waals surface area contributed by atoms with Gasteiger partial charge in [0.1, 0.15) is 0 Å². The molecule has 2 heterocycles. The van der Waals surface area contributed by atoms with Gasteiger partial charge in [-0.1, -0.05) is 18.2 Å². The third kappa shape index (κ3) is 2.87. The Morgan fingerprint density at radius 2 is 1.71 bits per heavy atom. The molecule has 0 bridgehead atoms. The van der Waals surface area contributed by atoms with Crippen LogP contribution in [0.15, 0.2) is 24.3 Å². The van der Waals surface area contributed by atoms with Crippen LogP contribution in [0.4, 0.5) is 5.69 Å². The lowest BCUT2D eigenvalue weighted by atomic mass is 9.72. The number of hydrogen-bond acceptors (Lipinski definition) is 2. The van der Waals surface area contributed by atoms with E-state index in [-0.39, 0.29) is 24.8 Å². The van der Waals surface area contributed by atoms with Gasteiger partial charge in [-0.3, -0.25) is 0 Å². The Morgan fingerprint density at radius 1 is 1.00 bits per heavy atom. The highest BCUT2D eigenvalue weighted by Crippen LogP contribution is 2.38. The summed E-state index contributed by atoms with van der Waals surface area (Å²) in [5, 5.41) is 7.05. The number of nitrogens with one attached hydrogen (secondary N) is 2. The van der Waals surface area contributed by atoms with Crippen LogP contribution in [0.1, 0.15) is 18.4 Å². The highest BCUT2D eigenvalue weighted by Gasteiger charge is 2.35.